The lowest BCUT2D eigenvalue weighted by molar-refractivity contribution is -0.802. The molecule has 3 aliphatic rings. The third-order valence-electron chi connectivity index (χ3n) is 4.76. The molecule has 1 atom stereocenters. The molecule has 3 aliphatic heterocycles. The van der Waals surface area contributed by atoms with Crippen LogP contribution in [0.15, 0.2) is 96.4 Å². The Morgan fingerprint density at radius 2 is 1.86 bits per heavy atom. The summed E-state index contributed by atoms with van der Waals surface area (Å²) in [7, 11) is 0. The van der Waals surface area contributed by atoms with Crippen LogP contribution in [0, 0.1) is 0 Å². The molecule has 1 aromatic heterocycles. The van der Waals surface area contributed by atoms with Gasteiger partial charge in [-0.2, -0.15) is 4.99 Å². The van der Waals surface area contributed by atoms with E-state index in [9.17, 15) is 0 Å². The highest BCUT2D eigenvalue weighted by atomic mass is 32.2. The van der Waals surface area contributed by atoms with Gasteiger partial charge in [0.2, 0.25) is 0 Å². The summed E-state index contributed by atoms with van der Waals surface area (Å²) in [6.07, 6.45) is 4.98. The minimum atomic E-state index is -0.317. The van der Waals surface area contributed by atoms with E-state index < -0.39 is 0 Å². The first-order chi connectivity index (χ1) is 14.2. The minimum Gasteiger partial charge on any atom is -0.461 e. The number of furan rings is 1. The van der Waals surface area contributed by atoms with Gasteiger partial charge < -0.3 is 9.15 Å². The van der Waals surface area contributed by atoms with Gasteiger partial charge in [0, 0.05) is 5.56 Å². The molecule has 4 heterocycles. The third kappa shape index (κ3) is 2.58. The van der Waals surface area contributed by atoms with E-state index in [0.717, 1.165) is 26.9 Å². The number of ether oxygens (including phenoxy) is 1. The number of fused-ring (bicyclic) bond motifs is 3. The second kappa shape index (κ2) is 6.02. The summed E-state index contributed by atoms with van der Waals surface area (Å²) in [5, 5.41) is 4.53. The maximum atomic E-state index is 6.51. The van der Waals surface area contributed by atoms with E-state index in [1.807, 2.05) is 42.5 Å². The average Bonchev–Trinajstić information content (AvgIpc) is 3.38. The van der Waals surface area contributed by atoms with Gasteiger partial charge in [0.25, 0.3) is 11.7 Å². The molecule has 8 heteroatoms. The molecule has 29 heavy (non-hydrogen) atoms. The fourth-order valence-electron chi connectivity index (χ4n) is 3.38. The molecule has 3 aromatic rings. The monoisotopic (exact) mass is 400 g/mol. The van der Waals surface area contributed by atoms with Crippen LogP contribution in [0.5, 0.6) is 11.5 Å². The number of amidine groups is 2. The first kappa shape index (κ1) is 16.5. The number of para-hydroxylation sites is 2. The van der Waals surface area contributed by atoms with Crippen LogP contribution in [0.3, 0.4) is 0 Å². The van der Waals surface area contributed by atoms with Crippen molar-refractivity contribution in [2.75, 3.05) is 0 Å². The summed E-state index contributed by atoms with van der Waals surface area (Å²) in [4.78, 5) is 11.2. The lowest BCUT2D eigenvalue weighted by Crippen LogP contribution is -2.50. The number of nitrogens with two attached hydrogens (primary N) is 1. The van der Waals surface area contributed by atoms with Gasteiger partial charge in [0.15, 0.2) is 17.7 Å². The van der Waals surface area contributed by atoms with Crippen LogP contribution < -0.4 is 10.6 Å². The third-order valence-corrected chi connectivity index (χ3v) is 5.86. The molecule has 0 spiro atoms. The predicted octanol–water partition coefficient (Wildman–Crippen LogP) is 4.38. The summed E-state index contributed by atoms with van der Waals surface area (Å²) in [5.41, 5.74) is 1.53. The van der Waals surface area contributed by atoms with Crippen molar-refractivity contribution in [3.8, 4) is 11.5 Å². The van der Waals surface area contributed by atoms with Gasteiger partial charge in [-0.1, -0.05) is 30.0 Å². The Labute approximate surface area is 170 Å². The van der Waals surface area contributed by atoms with Crippen LogP contribution in [0.4, 0.5) is 0 Å². The highest BCUT2D eigenvalue weighted by molar-refractivity contribution is 7.99. The van der Waals surface area contributed by atoms with Crippen molar-refractivity contribution < 1.29 is 13.9 Å². The molecule has 0 bridgehead atoms. The van der Waals surface area contributed by atoms with Crippen LogP contribution in [-0.4, -0.2) is 22.6 Å². The molecule has 0 fully saturated rings. The molecule has 0 amide bonds. The first-order valence-corrected chi connectivity index (χ1v) is 9.77. The molecule has 2 N–H and O–H groups in total. The van der Waals surface area contributed by atoms with Crippen molar-refractivity contribution in [1.29, 1.82) is 0 Å². The van der Waals surface area contributed by atoms with Crippen molar-refractivity contribution in [3.05, 3.63) is 78.4 Å². The molecular formula is C21H14N5O2S+. The molecule has 1 unspecified atom stereocenters. The van der Waals surface area contributed by atoms with E-state index in [1.165, 1.54) is 0 Å². The summed E-state index contributed by atoms with van der Waals surface area (Å²) in [6, 6.07) is 17.6. The van der Waals surface area contributed by atoms with E-state index in [-0.39, 0.29) is 4.70 Å². The summed E-state index contributed by atoms with van der Waals surface area (Å²) >= 11 is 1.67. The standard InChI is InChI=1S/C21H14N5O2S/c22-26-12-14(23-11-19(26)24-21(25-26)16-7-4-10-27-16)13-5-3-9-18-20(13)28-15-6-1-2-8-17(15)29-18/h1-12H,22H2/q+1. The zero-order valence-corrected chi connectivity index (χ0v) is 15.8. The summed E-state index contributed by atoms with van der Waals surface area (Å²) in [6.45, 7) is 0. The van der Waals surface area contributed by atoms with Gasteiger partial charge >= 0.3 is 0 Å². The van der Waals surface area contributed by atoms with E-state index in [0.29, 0.717) is 23.1 Å². The van der Waals surface area contributed by atoms with Gasteiger partial charge in [0.05, 0.1) is 16.1 Å². The minimum absolute atomic E-state index is 0.317. The Morgan fingerprint density at radius 1 is 0.966 bits per heavy atom. The zero-order valence-electron chi connectivity index (χ0n) is 15.0. The largest absolute Gasteiger partial charge is 0.461 e. The van der Waals surface area contributed by atoms with E-state index in [2.05, 4.69) is 15.1 Å². The number of rotatable bonds is 2. The fourth-order valence-corrected chi connectivity index (χ4v) is 4.37. The van der Waals surface area contributed by atoms with Crippen molar-refractivity contribution in [2.24, 2.45) is 20.9 Å². The molecular weight excluding hydrogens is 386 g/mol. The van der Waals surface area contributed by atoms with E-state index >= 15 is 0 Å². The number of benzene rings is 2. The van der Waals surface area contributed by atoms with Gasteiger partial charge in [-0.3, -0.25) is 0 Å². The van der Waals surface area contributed by atoms with Crippen molar-refractivity contribution in [3.63, 3.8) is 0 Å². The molecule has 0 radical (unpaired) electrons. The number of quaternary nitrogens is 1. The van der Waals surface area contributed by atoms with Crippen LogP contribution in [0.1, 0.15) is 11.3 Å². The second-order valence-corrected chi connectivity index (χ2v) is 7.75. The number of hydrogen-bond donors (Lipinski definition) is 1. The highest BCUT2D eigenvalue weighted by Crippen LogP contribution is 2.49. The number of nitrogens with zero attached hydrogens (tertiary/aromatic N) is 4. The Morgan fingerprint density at radius 3 is 2.76 bits per heavy atom. The molecule has 6 rings (SSSR count). The van der Waals surface area contributed by atoms with Crippen molar-refractivity contribution >= 4 is 35.3 Å². The van der Waals surface area contributed by atoms with Gasteiger partial charge in [-0.25, -0.2) is 4.99 Å². The quantitative estimate of drug-likeness (QED) is 0.400. The van der Waals surface area contributed by atoms with Crippen molar-refractivity contribution in [2.45, 2.75) is 9.79 Å². The van der Waals surface area contributed by atoms with Gasteiger partial charge in [-0.05, 0) is 46.2 Å². The van der Waals surface area contributed by atoms with Crippen LogP contribution >= 0.6 is 11.8 Å². The average molecular weight is 400 g/mol. The molecule has 0 saturated carbocycles. The zero-order chi connectivity index (χ0) is 19.4. The number of hydrogen-bond acceptors (Lipinski definition) is 7. The van der Waals surface area contributed by atoms with Crippen LogP contribution in [0.2, 0.25) is 0 Å². The van der Waals surface area contributed by atoms with E-state index in [4.69, 9.17) is 15.0 Å². The Balaban J connectivity index is 1.43. The summed E-state index contributed by atoms with van der Waals surface area (Å²) in [5.74, 6) is 9.62. The van der Waals surface area contributed by atoms with E-state index in [1.54, 1.807) is 42.6 Å². The second-order valence-electron chi connectivity index (χ2n) is 6.67. The Bertz CT molecular complexity index is 1280. The summed E-state index contributed by atoms with van der Waals surface area (Å²) < 4.78 is 11.3. The van der Waals surface area contributed by atoms with Gasteiger partial charge in [-0.15, -0.1) is 5.84 Å². The van der Waals surface area contributed by atoms with Crippen LogP contribution in [-0.2, 0) is 0 Å². The fraction of sp³-hybridized carbons (Fsp3) is 0. The molecule has 7 nitrogen and oxygen atoms in total. The maximum Gasteiger partial charge on any atom is 0.300 e. The maximum absolute atomic E-state index is 6.51. The Hall–Kier alpha value is -3.46. The molecule has 0 aliphatic carbocycles. The van der Waals surface area contributed by atoms with Crippen molar-refractivity contribution in [1.82, 2.24) is 0 Å². The first-order valence-electron chi connectivity index (χ1n) is 8.95. The lowest BCUT2D eigenvalue weighted by Gasteiger charge is -2.24. The molecule has 0 saturated heterocycles. The lowest BCUT2D eigenvalue weighted by atomic mass is 10.1. The smallest absolute Gasteiger partial charge is 0.300 e. The highest BCUT2D eigenvalue weighted by Gasteiger charge is 2.40. The number of aliphatic imine (C=N–C) groups is 2. The molecule has 2 aromatic carbocycles. The normalized spacial score (nSPS) is 21.3. The van der Waals surface area contributed by atoms with Gasteiger partial charge in [0.1, 0.15) is 17.7 Å². The molecule has 140 valence electrons. The predicted molar refractivity (Wildman–Crippen MR) is 111 cm³/mol. The van der Waals surface area contributed by atoms with Crippen LogP contribution in [0.25, 0.3) is 5.70 Å². The SMILES string of the molecule is N[N+]12C=C(c3cccc4c3Oc3ccccc3S4)N=CC1=NC(c1ccco1)=N2. The Kier molecular flexibility index (Phi) is 3.42. The topological polar surface area (TPSA) is 85.5 Å².